The molecule has 0 aliphatic carbocycles. The van der Waals surface area contributed by atoms with Gasteiger partial charge >= 0.3 is 0 Å². The third-order valence-corrected chi connectivity index (χ3v) is 4.60. The number of ether oxygens (including phenoxy) is 2. The van der Waals surface area contributed by atoms with Crippen molar-refractivity contribution in [2.24, 2.45) is 11.7 Å². The van der Waals surface area contributed by atoms with E-state index in [2.05, 4.69) is 18.8 Å². The van der Waals surface area contributed by atoms with Crippen molar-refractivity contribution in [3.63, 3.8) is 0 Å². The third kappa shape index (κ3) is 4.28. The van der Waals surface area contributed by atoms with Gasteiger partial charge in [0.2, 0.25) is 0 Å². The minimum atomic E-state index is -0.0729. The van der Waals surface area contributed by atoms with E-state index in [1.807, 2.05) is 24.3 Å². The molecule has 3 rings (SSSR count). The molecule has 144 valence electrons. The molecule has 0 saturated carbocycles. The van der Waals surface area contributed by atoms with E-state index in [9.17, 15) is 4.79 Å². The van der Waals surface area contributed by atoms with E-state index in [0.29, 0.717) is 36.8 Å². The second-order valence-electron chi connectivity index (χ2n) is 7.25. The van der Waals surface area contributed by atoms with Crippen LogP contribution in [0.15, 0.2) is 41.5 Å². The average molecular weight is 369 g/mol. The first-order chi connectivity index (χ1) is 13.0. The minimum Gasteiger partial charge on any atom is -0.492 e. The molecule has 0 radical (unpaired) electrons. The first kappa shape index (κ1) is 19.3. The molecule has 0 saturated heterocycles. The highest BCUT2D eigenvalue weighted by molar-refractivity contribution is 6.05. The topological polar surface area (TPSA) is 79.4 Å². The largest absolute Gasteiger partial charge is 0.492 e. The summed E-state index contributed by atoms with van der Waals surface area (Å²) >= 11 is 0. The number of benzene rings is 1. The van der Waals surface area contributed by atoms with Gasteiger partial charge in [0.05, 0.1) is 17.5 Å². The highest BCUT2D eigenvalue weighted by atomic mass is 16.5. The van der Waals surface area contributed by atoms with Gasteiger partial charge in [-0.05, 0) is 35.9 Å². The zero-order valence-corrected chi connectivity index (χ0v) is 16.1. The highest BCUT2D eigenvalue weighted by Crippen LogP contribution is 2.26. The van der Waals surface area contributed by atoms with Gasteiger partial charge in [-0.3, -0.25) is 9.78 Å². The molecule has 2 aromatic heterocycles. The second-order valence-corrected chi connectivity index (χ2v) is 7.25. The lowest BCUT2D eigenvalue weighted by Gasteiger charge is -2.17. The molecule has 6 heteroatoms. The normalized spacial score (nSPS) is 12.8. The Balaban J connectivity index is 2.03. The van der Waals surface area contributed by atoms with Gasteiger partial charge in [0.15, 0.2) is 0 Å². The predicted octanol–water partition coefficient (Wildman–Crippen LogP) is 2.95. The van der Waals surface area contributed by atoms with Crippen LogP contribution in [0.4, 0.5) is 0 Å². The quantitative estimate of drug-likeness (QED) is 0.618. The van der Waals surface area contributed by atoms with Crippen molar-refractivity contribution in [1.82, 2.24) is 9.55 Å². The van der Waals surface area contributed by atoms with Crippen LogP contribution in [-0.2, 0) is 11.3 Å². The van der Waals surface area contributed by atoms with Crippen LogP contribution in [0.1, 0.15) is 20.3 Å². The Hall–Kier alpha value is -2.44. The molecule has 6 nitrogen and oxygen atoms in total. The first-order valence-corrected chi connectivity index (χ1v) is 9.29. The molecular weight excluding hydrogens is 342 g/mol. The van der Waals surface area contributed by atoms with Crippen molar-refractivity contribution in [3.8, 4) is 5.75 Å². The summed E-state index contributed by atoms with van der Waals surface area (Å²) in [4.78, 5) is 17.1. The number of hydrogen-bond acceptors (Lipinski definition) is 5. The molecule has 0 aliphatic rings. The lowest BCUT2D eigenvalue weighted by atomic mass is 10.1. The Kier molecular flexibility index (Phi) is 6.08. The van der Waals surface area contributed by atoms with Gasteiger partial charge in [-0.2, -0.15) is 0 Å². The summed E-state index contributed by atoms with van der Waals surface area (Å²) in [7, 11) is 1.63. The molecule has 0 spiro atoms. The van der Waals surface area contributed by atoms with Crippen LogP contribution in [0.5, 0.6) is 5.75 Å². The maximum atomic E-state index is 13.0. The number of pyridine rings is 2. The van der Waals surface area contributed by atoms with E-state index in [1.54, 1.807) is 24.1 Å². The van der Waals surface area contributed by atoms with Gasteiger partial charge in [0.1, 0.15) is 12.4 Å². The number of nitrogens with zero attached hydrogens (tertiary/aromatic N) is 2. The summed E-state index contributed by atoms with van der Waals surface area (Å²) in [5, 5.41) is 2.48. The molecule has 0 bridgehead atoms. The number of fused-ring (bicyclic) bond motifs is 3. The molecule has 2 N–H and O–H groups in total. The Labute approximate surface area is 158 Å². The monoisotopic (exact) mass is 369 g/mol. The molecule has 0 fully saturated rings. The maximum absolute atomic E-state index is 13.0. The molecule has 1 aromatic carbocycles. The lowest BCUT2D eigenvalue weighted by Crippen LogP contribution is -2.29. The Morgan fingerprint density at radius 3 is 2.74 bits per heavy atom. The lowest BCUT2D eigenvalue weighted by molar-refractivity contribution is 0.187. The number of methoxy groups -OCH3 is 1. The van der Waals surface area contributed by atoms with E-state index < -0.39 is 0 Å². The van der Waals surface area contributed by atoms with E-state index in [-0.39, 0.29) is 11.6 Å². The maximum Gasteiger partial charge on any atom is 0.260 e. The number of nitrogens with two attached hydrogens (primary N) is 1. The predicted molar refractivity (Wildman–Crippen MR) is 108 cm³/mol. The number of hydrogen-bond donors (Lipinski definition) is 1. The summed E-state index contributed by atoms with van der Waals surface area (Å²) in [6.45, 7) is 5.65. The molecule has 0 aliphatic heterocycles. The van der Waals surface area contributed by atoms with E-state index in [4.69, 9.17) is 15.2 Å². The molecule has 1 atom stereocenters. The third-order valence-electron chi connectivity index (χ3n) is 4.60. The van der Waals surface area contributed by atoms with Crippen LogP contribution < -0.4 is 16.0 Å². The van der Waals surface area contributed by atoms with Crippen LogP contribution >= 0.6 is 0 Å². The van der Waals surface area contributed by atoms with Gasteiger partial charge in [-0.1, -0.05) is 13.8 Å². The molecule has 27 heavy (non-hydrogen) atoms. The SMILES string of the molecule is COCCn1c(=O)c2cnccc2c2ccc(OCC(N)CC(C)C)cc21. The van der Waals surface area contributed by atoms with E-state index in [1.165, 1.54) is 0 Å². The summed E-state index contributed by atoms with van der Waals surface area (Å²) < 4.78 is 12.8. The van der Waals surface area contributed by atoms with Crippen molar-refractivity contribution in [3.05, 3.63) is 47.0 Å². The smallest absolute Gasteiger partial charge is 0.260 e. The zero-order valence-electron chi connectivity index (χ0n) is 16.1. The Morgan fingerprint density at radius 1 is 1.19 bits per heavy atom. The summed E-state index contributed by atoms with van der Waals surface area (Å²) in [5.41, 5.74) is 6.88. The molecule has 3 aromatic rings. The van der Waals surface area contributed by atoms with Gasteiger partial charge in [0.25, 0.3) is 5.56 Å². The zero-order chi connectivity index (χ0) is 19.4. The van der Waals surface area contributed by atoms with Gasteiger partial charge in [0, 0.05) is 43.5 Å². The molecule has 0 amide bonds. The van der Waals surface area contributed by atoms with Crippen molar-refractivity contribution >= 4 is 21.7 Å². The van der Waals surface area contributed by atoms with Crippen molar-refractivity contribution < 1.29 is 9.47 Å². The molecule has 2 heterocycles. The van der Waals surface area contributed by atoms with Crippen LogP contribution in [0, 0.1) is 5.92 Å². The van der Waals surface area contributed by atoms with Crippen molar-refractivity contribution in [1.29, 1.82) is 0 Å². The fraction of sp³-hybridized carbons (Fsp3) is 0.429. The summed E-state index contributed by atoms with van der Waals surface area (Å²) in [5.74, 6) is 1.24. The number of aromatic nitrogens is 2. The Bertz CT molecular complexity index is 981. The minimum absolute atomic E-state index is 0.0148. The van der Waals surface area contributed by atoms with E-state index >= 15 is 0 Å². The van der Waals surface area contributed by atoms with E-state index in [0.717, 1.165) is 22.7 Å². The highest BCUT2D eigenvalue weighted by Gasteiger charge is 2.13. The number of rotatable bonds is 8. The molecule has 1 unspecified atom stereocenters. The van der Waals surface area contributed by atoms with Gasteiger partial charge in [-0.25, -0.2) is 0 Å². The molecular formula is C21H27N3O3. The van der Waals surface area contributed by atoms with Crippen molar-refractivity contribution in [2.45, 2.75) is 32.9 Å². The summed E-state index contributed by atoms with van der Waals surface area (Å²) in [6, 6.07) is 7.69. The van der Waals surface area contributed by atoms with Crippen molar-refractivity contribution in [2.75, 3.05) is 20.3 Å². The van der Waals surface area contributed by atoms with Crippen LogP contribution in [0.25, 0.3) is 21.7 Å². The van der Waals surface area contributed by atoms with Gasteiger partial charge in [-0.15, -0.1) is 0 Å². The average Bonchev–Trinajstić information content (AvgIpc) is 2.66. The fourth-order valence-electron chi connectivity index (χ4n) is 3.39. The first-order valence-electron chi connectivity index (χ1n) is 9.29. The second kappa shape index (κ2) is 8.50. The van der Waals surface area contributed by atoms with Crippen LogP contribution in [0.3, 0.4) is 0 Å². The van der Waals surface area contributed by atoms with Crippen LogP contribution in [0.2, 0.25) is 0 Å². The standard InChI is InChI=1S/C21H27N3O3/c1-14(2)10-15(22)13-27-16-4-5-18-17-6-7-23-12-19(17)21(25)24(8-9-26-3)20(18)11-16/h4-7,11-12,14-15H,8-10,13,22H2,1-3H3. The summed E-state index contributed by atoms with van der Waals surface area (Å²) in [6.07, 6.45) is 4.23. The fourth-order valence-corrected chi connectivity index (χ4v) is 3.39. The van der Waals surface area contributed by atoms with Crippen LogP contribution in [-0.4, -0.2) is 35.9 Å². The van der Waals surface area contributed by atoms with Gasteiger partial charge < -0.3 is 19.8 Å². The Morgan fingerprint density at radius 2 is 2.00 bits per heavy atom.